The third-order valence-electron chi connectivity index (χ3n) is 1.85. The van der Waals surface area contributed by atoms with Crippen molar-refractivity contribution in [1.29, 1.82) is 0 Å². The molecule has 0 fully saturated rings. The molecule has 0 bridgehead atoms. The van der Waals surface area contributed by atoms with Crippen LogP contribution in [0.1, 0.15) is 21.1 Å². The maximum Gasteiger partial charge on any atom is 0.171 e. The lowest BCUT2D eigenvalue weighted by Gasteiger charge is -1.92. The minimum absolute atomic E-state index is 0.0751. The van der Waals surface area contributed by atoms with E-state index in [1.807, 2.05) is 18.4 Å². The van der Waals surface area contributed by atoms with E-state index in [1.165, 1.54) is 6.33 Å². The van der Waals surface area contributed by atoms with Gasteiger partial charge in [0.2, 0.25) is 0 Å². The van der Waals surface area contributed by atoms with Crippen molar-refractivity contribution >= 4 is 17.1 Å². The molecule has 0 aliphatic rings. The number of carbonyl (C=O) groups is 1. The number of hydrogen-bond donors (Lipinski definition) is 1. The molecular formula is C9H9N3OS. The predicted octanol–water partition coefficient (Wildman–Crippen LogP) is 1.60. The van der Waals surface area contributed by atoms with Crippen LogP contribution >= 0.6 is 11.3 Å². The summed E-state index contributed by atoms with van der Waals surface area (Å²) in [5.41, 5.74) is 0.754. The van der Waals surface area contributed by atoms with Gasteiger partial charge in [-0.15, -0.1) is 11.3 Å². The zero-order valence-electron chi connectivity index (χ0n) is 7.65. The number of Topliss-reactive ketones (excluding diaryl/α,β-unsaturated/α-hetero) is 1. The van der Waals surface area contributed by atoms with Crippen molar-refractivity contribution in [2.24, 2.45) is 0 Å². The second kappa shape index (κ2) is 3.71. The first-order chi connectivity index (χ1) is 6.75. The Morgan fingerprint density at radius 1 is 1.64 bits per heavy atom. The first-order valence-electron chi connectivity index (χ1n) is 4.18. The average molecular weight is 207 g/mol. The number of nitrogens with zero attached hydrogens (tertiary/aromatic N) is 2. The van der Waals surface area contributed by atoms with Gasteiger partial charge in [0.05, 0.1) is 6.42 Å². The van der Waals surface area contributed by atoms with E-state index in [1.54, 1.807) is 11.3 Å². The third-order valence-corrected chi connectivity index (χ3v) is 2.71. The van der Waals surface area contributed by atoms with Crippen molar-refractivity contribution in [3.63, 3.8) is 0 Å². The quantitative estimate of drug-likeness (QED) is 0.778. The summed E-state index contributed by atoms with van der Waals surface area (Å²) in [6.07, 6.45) is 1.69. The Labute approximate surface area is 85.0 Å². The summed E-state index contributed by atoms with van der Waals surface area (Å²) in [5, 5.41) is 8.22. The summed E-state index contributed by atoms with van der Waals surface area (Å²) in [6.45, 7) is 1.98. The molecule has 0 aromatic carbocycles. The predicted molar refractivity (Wildman–Crippen MR) is 53.5 cm³/mol. The van der Waals surface area contributed by atoms with Gasteiger partial charge in [-0.1, -0.05) is 0 Å². The Hall–Kier alpha value is -1.49. The van der Waals surface area contributed by atoms with E-state index < -0.39 is 0 Å². The number of aromatic nitrogens is 3. The second-order valence-corrected chi connectivity index (χ2v) is 4.09. The molecule has 0 aliphatic heterocycles. The monoisotopic (exact) mass is 207 g/mol. The van der Waals surface area contributed by atoms with Gasteiger partial charge < -0.3 is 0 Å². The smallest absolute Gasteiger partial charge is 0.171 e. The molecule has 5 heteroatoms. The fourth-order valence-electron chi connectivity index (χ4n) is 1.16. The topological polar surface area (TPSA) is 58.6 Å². The molecule has 0 saturated carbocycles. The van der Waals surface area contributed by atoms with Gasteiger partial charge >= 0.3 is 0 Å². The summed E-state index contributed by atoms with van der Waals surface area (Å²) >= 11 is 1.58. The van der Waals surface area contributed by atoms with Crippen LogP contribution in [-0.2, 0) is 6.42 Å². The first-order valence-corrected chi connectivity index (χ1v) is 5.06. The highest BCUT2D eigenvalue weighted by Crippen LogP contribution is 2.14. The van der Waals surface area contributed by atoms with Crippen molar-refractivity contribution < 1.29 is 4.79 Å². The summed E-state index contributed by atoms with van der Waals surface area (Å²) in [6, 6.07) is 1.89. The molecule has 0 amide bonds. The normalized spacial score (nSPS) is 10.4. The van der Waals surface area contributed by atoms with E-state index >= 15 is 0 Å². The van der Waals surface area contributed by atoms with Crippen LogP contribution in [0, 0.1) is 6.92 Å². The highest BCUT2D eigenvalue weighted by molar-refractivity contribution is 7.10. The van der Waals surface area contributed by atoms with Gasteiger partial charge in [-0.05, 0) is 13.0 Å². The van der Waals surface area contributed by atoms with Gasteiger partial charge in [0, 0.05) is 15.8 Å². The van der Waals surface area contributed by atoms with E-state index in [0.717, 1.165) is 10.4 Å². The molecule has 2 rings (SSSR count). The molecule has 2 heterocycles. The molecule has 14 heavy (non-hydrogen) atoms. The summed E-state index contributed by atoms with van der Waals surface area (Å²) < 4.78 is 0. The molecule has 4 nitrogen and oxygen atoms in total. The lowest BCUT2D eigenvalue weighted by molar-refractivity contribution is 0.0991. The molecule has 1 N–H and O–H groups in total. The number of aryl methyl sites for hydroxylation is 1. The Morgan fingerprint density at radius 3 is 3.07 bits per heavy atom. The number of H-pyrrole nitrogens is 1. The van der Waals surface area contributed by atoms with Gasteiger partial charge in [0.1, 0.15) is 12.2 Å². The highest BCUT2D eigenvalue weighted by atomic mass is 32.1. The average Bonchev–Trinajstić information content (AvgIpc) is 2.75. The number of ketones is 1. The van der Waals surface area contributed by atoms with E-state index in [2.05, 4.69) is 15.2 Å². The Morgan fingerprint density at radius 2 is 2.50 bits per heavy atom. The van der Waals surface area contributed by atoms with Crippen molar-refractivity contribution in [1.82, 2.24) is 15.2 Å². The van der Waals surface area contributed by atoms with Gasteiger partial charge in [0.15, 0.2) is 5.78 Å². The van der Waals surface area contributed by atoms with Crippen LogP contribution in [0.4, 0.5) is 0 Å². The standard InChI is InChI=1S/C9H9N3OS/c1-6-2-7(4-14-6)8(13)3-9-10-5-11-12-9/h2,4-5H,3H2,1H3,(H,10,11,12). The zero-order valence-corrected chi connectivity index (χ0v) is 8.47. The van der Waals surface area contributed by atoms with E-state index in [0.29, 0.717) is 5.82 Å². The van der Waals surface area contributed by atoms with Gasteiger partial charge in [-0.3, -0.25) is 9.89 Å². The Kier molecular flexibility index (Phi) is 2.41. The largest absolute Gasteiger partial charge is 0.294 e. The molecule has 0 saturated heterocycles. The maximum absolute atomic E-state index is 11.6. The van der Waals surface area contributed by atoms with E-state index in [9.17, 15) is 4.79 Å². The molecular weight excluding hydrogens is 198 g/mol. The van der Waals surface area contributed by atoms with Crippen LogP contribution in [0.3, 0.4) is 0 Å². The summed E-state index contributed by atoms with van der Waals surface area (Å²) in [7, 11) is 0. The number of aromatic amines is 1. The Bertz CT molecular complexity index is 433. The van der Waals surface area contributed by atoms with Crippen molar-refractivity contribution in [2.75, 3.05) is 0 Å². The minimum atomic E-state index is 0.0751. The SMILES string of the molecule is Cc1cc(C(=O)Cc2ncn[nH]2)cs1. The van der Waals surface area contributed by atoms with Crippen molar-refractivity contribution in [2.45, 2.75) is 13.3 Å². The number of rotatable bonds is 3. The zero-order chi connectivity index (χ0) is 9.97. The minimum Gasteiger partial charge on any atom is -0.294 e. The molecule has 0 atom stereocenters. The highest BCUT2D eigenvalue weighted by Gasteiger charge is 2.09. The fraction of sp³-hybridized carbons (Fsp3) is 0.222. The van der Waals surface area contributed by atoms with Gasteiger partial charge in [-0.25, -0.2) is 4.98 Å². The number of hydrogen-bond acceptors (Lipinski definition) is 4. The van der Waals surface area contributed by atoms with Crippen molar-refractivity contribution in [3.8, 4) is 0 Å². The van der Waals surface area contributed by atoms with E-state index in [-0.39, 0.29) is 12.2 Å². The van der Waals surface area contributed by atoms with Crippen LogP contribution in [-0.4, -0.2) is 21.0 Å². The molecule has 0 spiro atoms. The number of thiophene rings is 1. The van der Waals surface area contributed by atoms with Gasteiger partial charge in [0.25, 0.3) is 0 Å². The lowest BCUT2D eigenvalue weighted by Crippen LogP contribution is -2.03. The molecule has 2 aromatic heterocycles. The van der Waals surface area contributed by atoms with Crippen LogP contribution in [0.25, 0.3) is 0 Å². The summed E-state index contributed by atoms with van der Waals surface area (Å²) in [5.74, 6) is 0.685. The molecule has 72 valence electrons. The van der Waals surface area contributed by atoms with Crippen LogP contribution in [0.2, 0.25) is 0 Å². The fourth-order valence-corrected chi connectivity index (χ4v) is 1.87. The lowest BCUT2D eigenvalue weighted by atomic mass is 10.1. The number of carbonyl (C=O) groups excluding carboxylic acids is 1. The molecule has 0 aliphatic carbocycles. The second-order valence-electron chi connectivity index (χ2n) is 2.98. The van der Waals surface area contributed by atoms with Crippen LogP contribution in [0.5, 0.6) is 0 Å². The van der Waals surface area contributed by atoms with Crippen LogP contribution in [0.15, 0.2) is 17.8 Å². The van der Waals surface area contributed by atoms with Crippen molar-refractivity contribution in [3.05, 3.63) is 34.0 Å². The maximum atomic E-state index is 11.6. The molecule has 2 aromatic rings. The van der Waals surface area contributed by atoms with E-state index in [4.69, 9.17) is 0 Å². The third kappa shape index (κ3) is 1.88. The van der Waals surface area contributed by atoms with Gasteiger partial charge in [-0.2, -0.15) is 5.10 Å². The number of nitrogens with one attached hydrogen (secondary N) is 1. The van der Waals surface area contributed by atoms with Crippen LogP contribution < -0.4 is 0 Å². The Balaban J connectivity index is 2.10. The summed E-state index contributed by atoms with van der Waals surface area (Å²) in [4.78, 5) is 16.7. The molecule has 0 unspecified atom stereocenters. The molecule has 0 radical (unpaired) electrons. The first kappa shape index (κ1) is 9.08.